The molecule has 0 radical (unpaired) electrons. The zero-order chi connectivity index (χ0) is 20.8. The molecule has 0 spiro atoms. The molecule has 0 bridgehead atoms. The second-order valence-electron chi connectivity index (χ2n) is 7.73. The van der Waals surface area contributed by atoms with Crippen molar-refractivity contribution in [2.45, 2.75) is 50.5 Å². The highest BCUT2D eigenvalue weighted by molar-refractivity contribution is 7.89. The molecule has 0 saturated carbocycles. The third-order valence-electron chi connectivity index (χ3n) is 5.45. The van der Waals surface area contributed by atoms with E-state index >= 15 is 0 Å². The predicted molar refractivity (Wildman–Crippen MR) is 106 cm³/mol. The number of sulfonamides is 1. The van der Waals surface area contributed by atoms with E-state index in [0.717, 1.165) is 12.1 Å². The Bertz CT molecular complexity index is 1030. The summed E-state index contributed by atoms with van der Waals surface area (Å²) in [6.07, 6.45) is 1.44. The first-order valence-electron chi connectivity index (χ1n) is 9.82. The maximum atomic E-state index is 13.4. The highest BCUT2D eigenvalue weighted by atomic mass is 32.2. The summed E-state index contributed by atoms with van der Waals surface area (Å²) >= 11 is 0. The van der Waals surface area contributed by atoms with Gasteiger partial charge in [0.2, 0.25) is 15.9 Å². The molecule has 2 aliphatic rings. The number of aromatic nitrogens is 1. The number of amides is 1. The van der Waals surface area contributed by atoms with E-state index in [0.29, 0.717) is 43.3 Å². The van der Waals surface area contributed by atoms with Crippen LogP contribution in [0.3, 0.4) is 0 Å². The number of fused-ring (bicyclic) bond motifs is 1. The topological polar surface area (TPSA) is 93.0 Å². The van der Waals surface area contributed by atoms with Crippen LogP contribution in [0.15, 0.2) is 33.7 Å². The van der Waals surface area contributed by atoms with Crippen LogP contribution < -0.4 is 9.64 Å². The van der Waals surface area contributed by atoms with Gasteiger partial charge in [-0.3, -0.25) is 4.79 Å². The van der Waals surface area contributed by atoms with Gasteiger partial charge in [0.15, 0.2) is 5.76 Å². The van der Waals surface area contributed by atoms with Gasteiger partial charge in [0.05, 0.1) is 28.9 Å². The number of ether oxygens (including phenoxy) is 1. The molecule has 3 heterocycles. The number of carbonyl (C=O) groups excluding carboxylic acids is 1. The van der Waals surface area contributed by atoms with Crippen molar-refractivity contribution in [2.75, 3.05) is 24.6 Å². The Morgan fingerprint density at radius 1 is 1.24 bits per heavy atom. The summed E-state index contributed by atoms with van der Waals surface area (Å²) in [5.41, 5.74) is 1.41. The monoisotopic (exact) mass is 419 g/mol. The minimum absolute atomic E-state index is 0.101. The summed E-state index contributed by atoms with van der Waals surface area (Å²) in [6.45, 7) is 6.72. The maximum absolute atomic E-state index is 13.4. The fourth-order valence-electron chi connectivity index (χ4n) is 3.87. The van der Waals surface area contributed by atoms with Gasteiger partial charge in [-0.25, -0.2) is 8.42 Å². The fraction of sp³-hybridized carbons (Fsp3) is 0.500. The Morgan fingerprint density at radius 3 is 2.72 bits per heavy atom. The number of anilines is 1. The third-order valence-corrected chi connectivity index (χ3v) is 7.36. The van der Waals surface area contributed by atoms with Crippen LogP contribution in [0.4, 0.5) is 5.69 Å². The lowest BCUT2D eigenvalue weighted by Crippen LogP contribution is -2.36. The molecule has 0 unspecified atom stereocenters. The van der Waals surface area contributed by atoms with Crippen LogP contribution in [-0.2, 0) is 14.8 Å². The van der Waals surface area contributed by atoms with Crippen LogP contribution in [0.1, 0.15) is 57.0 Å². The van der Waals surface area contributed by atoms with Crippen molar-refractivity contribution in [3.8, 4) is 5.75 Å². The van der Waals surface area contributed by atoms with Gasteiger partial charge in [-0.05, 0) is 30.9 Å². The SMILES string of the molecule is CC(=O)N1CCOc2cc(S(=O)(=O)N3CCC[C@@H]3c3cc(C(C)C)no3)ccc21. The first-order chi connectivity index (χ1) is 13.8. The number of hydrogen-bond acceptors (Lipinski definition) is 6. The van der Waals surface area contributed by atoms with Crippen LogP contribution in [-0.4, -0.2) is 43.5 Å². The molecule has 2 aromatic rings. The minimum Gasteiger partial charge on any atom is -0.489 e. The number of benzene rings is 1. The summed E-state index contributed by atoms with van der Waals surface area (Å²) in [7, 11) is -3.76. The summed E-state index contributed by atoms with van der Waals surface area (Å²) in [5, 5.41) is 4.08. The molecule has 8 nitrogen and oxygen atoms in total. The zero-order valence-corrected chi connectivity index (χ0v) is 17.6. The third kappa shape index (κ3) is 3.53. The fourth-order valence-corrected chi connectivity index (χ4v) is 5.55. The molecule has 2 aliphatic heterocycles. The number of nitrogens with zero attached hydrogens (tertiary/aromatic N) is 3. The summed E-state index contributed by atoms with van der Waals surface area (Å²) in [6, 6.07) is 6.16. The predicted octanol–water partition coefficient (Wildman–Crippen LogP) is 3.07. The molecule has 1 saturated heterocycles. The second kappa shape index (κ2) is 7.46. The molecule has 1 fully saturated rings. The van der Waals surface area contributed by atoms with E-state index in [1.807, 2.05) is 19.9 Å². The molecule has 1 aromatic heterocycles. The lowest BCUT2D eigenvalue weighted by molar-refractivity contribution is -0.116. The van der Waals surface area contributed by atoms with Crippen molar-refractivity contribution in [3.63, 3.8) is 0 Å². The van der Waals surface area contributed by atoms with Crippen molar-refractivity contribution in [3.05, 3.63) is 35.7 Å². The smallest absolute Gasteiger partial charge is 0.243 e. The van der Waals surface area contributed by atoms with E-state index in [1.54, 1.807) is 11.0 Å². The maximum Gasteiger partial charge on any atom is 0.243 e. The van der Waals surface area contributed by atoms with E-state index in [9.17, 15) is 13.2 Å². The minimum atomic E-state index is -3.76. The van der Waals surface area contributed by atoms with Gasteiger partial charge < -0.3 is 14.2 Å². The molecule has 0 N–H and O–H groups in total. The van der Waals surface area contributed by atoms with Gasteiger partial charge >= 0.3 is 0 Å². The number of hydrogen-bond donors (Lipinski definition) is 0. The molecular formula is C20H25N3O5S. The molecule has 156 valence electrons. The highest BCUT2D eigenvalue weighted by Gasteiger charge is 2.39. The standard InChI is InChI=1S/C20H25N3O5S/c1-13(2)16-12-20(28-21-16)18-5-4-8-23(18)29(25,26)15-6-7-17-19(11-15)27-10-9-22(17)14(3)24/h6-7,11-13,18H,4-5,8-10H2,1-3H3/t18-/m1/s1. The van der Waals surface area contributed by atoms with Crippen molar-refractivity contribution >= 4 is 21.6 Å². The summed E-state index contributed by atoms with van der Waals surface area (Å²) in [5.74, 6) is 1.09. The molecular weight excluding hydrogens is 394 g/mol. The Labute approximate surface area is 170 Å². The van der Waals surface area contributed by atoms with Crippen LogP contribution in [0.25, 0.3) is 0 Å². The number of rotatable bonds is 4. The van der Waals surface area contributed by atoms with Gasteiger partial charge in [-0.1, -0.05) is 19.0 Å². The summed E-state index contributed by atoms with van der Waals surface area (Å²) in [4.78, 5) is 13.6. The van der Waals surface area contributed by atoms with E-state index < -0.39 is 10.0 Å². The largest absolute Gasteiger partial charge is 0.489 e. The van der Waals surface area contributed by atoms with Crippen LogP contribution >= 0.6 is 0 Å². The van der Waals surface area contributed by atoms with E-state index in [2.05, 4.69) is 5.16 Å². The highest BCUT2D eigenvalue weighted by Crippen LogP contribution is 2.40. The van der Waals surface area contributed by atoms with E-state index in [-0.39, 0.29) is 22.8 Å². The van der Waals surface area contributed by atoms with Gasteiger partial charge in [0, 0.05) is 25.6 Å². The van der Waals surface area contributed by atoms with Gasteiger partial charge in [0.25, 0.3) is 0 Å². The molecule has 29 heavy (non-hydrogen) atoms. The lowest BCUT2D eigenvalue weighted by Gasteiger charge is -2.29. The Balaban J connectivity index is 1.66. The molecule has 1 aromatic carbocycles. The molecule has 1 amide bonds. The molecule has 1 atom stereocenters. The Kier molecular flexibility index (Phi) is 5.12. The van der Waals surface area contributed by atoms with Gasteiger partial charge in [-0.15, -0.1) is 0 Å². The van der Waals surface area contributed by atoms with Crippen molar-refractivity contribution in [2.24, 2.45) is 0 Å². The van der Waals surface area contributed by atoms with E-state index in [4.69, 9.17) is 9.26 Å². The van der Waals surface area contributed by atoms with Crippen LogP contribution in [0.5, 0.6) is 5.75 Å². The molecule has 0 aliphatic carbocycles. The van der Waals surface area contributed by atoms with Crippen LogP contribution in [0.2, 0.25) is 0 Å². The van der Waals surface area contributed by atoms with Crippen molar-refractivity contribution in [1.82, 2.24) is 9.46 Å². The van der Waals surface area contributed by atoms with Crippen LogP contribution in [0, 0.1) is 0 Å². The molecule has 4 rings (SSSR count). The summed E-state index contributed by atoms with van der Waals surface area (Å²) < 4.78 is 39.4. The Morgan fingerprint density at radius 2 is 2.03 bits per heavy atom. The average molecular weight is 420 g/mol. The second-order valence-corrected chi connectivity index (χ2v) is 9.62. The Hall–Kier alpha value is -2.39. The van der Waals surface area contributed by atoms with Crippen molar-refractivity contribution in [1.29, 1.82) is 0 Å². The first-order valence-corrected chi connectivity index (χ1v) is 11.3. The van der Waals surface area contributed by atoms with Gasteiger partial charge in [0.1, 0.15) is 12.4 Å². The normalized spacial score (nSPS) is 20.0. The van der Waals surface area contributed by atoms with Gasteiger partial charge in [-0.2, -0.15) is 4.31 Å². The average Bonchev–Trinajstić information content (AvgIpc) is 3.36. The lowest BCUT2D eigenvalue weighted by atomic mass is 10.1. The van der Waals surface area contributed by atoms with Crippen molar-refractivity contribution < 1.29 is 22.5 Å². The molecule has 9 heteroatoms. The quantitative estimate of drug-likeness (QED) is 0.756. The number of carbonyl (C=O) groups is 1. The van der Waals surface area contributed by atoms with E-state index in [1.165, 1.54) is 23.4 Å². The zero-order valence-electron chi connectivity index (χ0n) is 16.8. The first kappa shape index (κ1) is 19.9.